The molecule has 0 saturated carbocycles. The quantitative estimate of drug-likeness (QED) is 0.514. The van der Waals surface area contributed by atoms with Crippen molar-refractivity contribution in [2.24, 2.45) is 7.05 Å². The third kappa shape index (κ3) is 5.29. The second-order valence-electron chi connectivity index (χ2n) is 7.45. The van der Waals surface area contributed by atoms with E-state index in [2.05, 4.69) is 26.1 Å². The molecule has 1 aliphatic heterocycles. The Bertz CT molecular complexity index is 1010. The van der Waals surface area contributed by atoms with E-state index in [1.807, 2.05) is 48.1 Å². The number of aromatic nitrogens is 4. The van der Waals surface area contributed by atoms with Crippen molar-refractivity contribution in [2.75, 3.05) is 26.0 Å². The number of hydrogen-bond acceptors (Lipinski definition) is 6. The van der Waals surface area contributed by atoms with Crippen LogP contribution in [0.25, 0.3) is 5.69 Å². The molecular weight excluding hydrogens is 414 g/mol. The molecule has 9 heteroatoms. The monoisotopic (exact) mass is 441 g/mol. The van der Waals surface area contributed by atoms with Gasteiger partial charge in [0, 0.05) is 44.2 Å². The summed E-state index contributed by atoms with van der Waals surface area (Å²) in [5.74, 6) is 1.83. The summed E-state index contributed by atoms with van der Waals surface area (Å²) < 4.78 is 14.9. The lowest BCUT2D eigenvalue weighted by molar-refractivity contribution is -0.119. The molecule has 0 unspecified atom stereocenters. The number of benzene rings is 1. The van der Waals surface area contributed by atoms with Crippen molar-refractivity contribution in [1.29, 1.82) is 0 Å². The second kappa shape index (κ2) is 10.0. The van der Waals surface area contributed by atoms with Crippen LogP contribution in [-0.4, -0.2) is 57.4 Å². The van der Waals surface area contributed by atoms with E-state index < -0.39 is 0 Å². The molecule has 0 bridgehead atoms. The molecule has 4 rings (SSSR count). The number of hydrogen-bond donors (Lipinski definition) is 1. The lowest BCUT2D eigenvalue weighted by atomic mass is 10.2. The van der Waals surface area contributed by atoms with E-state index in [-0.39, 0.29) is 17.8 Å². The fourth-order valence-corrected chi connectivity index (χ4v) is 4.36. The standard InChI is InChI=1S/C22H27N5O3S/c1-26-11-3-5-17(26)13-20-24-25-22(27(20)16-7-9-18(29-2)10-8-16)31-15-21(28)23-14-19-6-4-12-30-19/h3,5,7-11,19H,4,6,12-15H2,1-2H3,(H,23,28)/t19-/m1/s1. The van der Waals surface area contributed by atoms with Gasteiger partial charge in [-0.25, -0.2) is 0 Å². The molecule has 1 saturated heterocycles. The van der Waals surface area contributed by atoms with Crippen LogP contribution in [0, 0.1) is 0 Å². The van der Waals surface area contributed by atoms with Gasteiger partial charge in [-0.15, -0.1) is 10.2 Å². The average molecular weight is 442 g/mol. The fraction of sp³-hybridized carbons (Fsp3) is 0.409. The number of nitrogens with zero attached hydrogens (tertiary/aromatic N) is 4. The molecule has 3 aromatic rings. The predicted molar refractivity (Wildman–Crippen MR) is 119 cm³/mol. The number of amides is 1. The van der Waals surface area contributed by atoms with E-state index in [9.17, 15) is 4.79 Å². The average Bonchev–Trinajstić information content (AvgIpc) is 3.53. The van der Waals surface area contributed by atoms with Gasteiger partial charge in [-0.2, -0.15) is 0 Å². The molecular formula is C22H27N5O3S. The van der Waals surface area contributed by atoms with E-state index in [0.29, 0.717) is 18.1 Å². The molecule has 1 fully saturated rings. The predicted octanol–water partition coefficient (Wildman–Crippen LogP) is 2.59. The second-order valence-corrected chi connectivity index (χ2v) is 8.39. The third-order valence-electron chi connectivity index (χ3n) is 5.30. The largest absolute Gasteiger partial charge is 0.497 e. The molecule has 1 atom stereocenters. The van der Waals surface area contributed by atoms with Crippen molar-refractivity contribution in [2.45, 2.75) is 30.5 Å². The molecule has 8 nitrogen and oxygen atoms in total. The zero-order valence-electron chi connectivity index (χ0n) is 17.8. The molecule has 0 radical (unpaired) electrons. The smallest absolute Gasteiger partial charge is 0.230 e. The van der Waals surface area contributed by atoms with Crippen LogP contribution in [0.2, 0.25) is 0 Å². The van der Waals surface area contributed by atoms with Crippen LogP contribution >= 0.6 is 11.8 Å². The maximum absolute atomic E-state index is 12.3. The molecule has 0 spiro atoms. The number of aryl methyl sites for hydroxylation is 1. The summed E-state index contributed by atoms with van der Waals surface area (Å²) in [4.78, 5) is 12.3. The highest BCUT2D eigenvalue weighted by molar-refractivity contribution is 7.99. The van der Waals surface area contributed by atoms with Crippen molar-refractivity contribution in [3.05, 3.63) is 54.1 Å². The summed E-state index contributed by atoms with van der Waals surface area (Å²) in [5, 5.41) is 12.5. The van der Waals surface area contributed by atoms with Crippen LogP contribution in [-0.2, 0) is 23.0 Å². The number of ether oxygens (including phenoxy) is 2. The molecule has 164 valence electrons. The Hall–Kier alpha value is -2.78. The van der Waals surface area contributed by atoms with Crippen LogP contribution in [0.5, 0.6) is 5.75 Å². The summed E-state index contributed by atoms with van der Waals surface area (Å²) in [6.45, 7) is 1.34. The Morgan fingerprint density at radius 2 is 2.13 bits per heavy atom. The van der Waals surface area contributed by atoms with Crippen molar-refractivity contribution < 1.29 is 14.3 Å². The van der Waals surface area contributed by atoms with Crippen LogP contribution in [0.1, 0.15) is 24.4 Å². The third-order valence-corrected chi connectivity index (χ3v) is 6.23. The van der Waals surface area contributed by atoms with Gasteiger partial charge in [-0.3, -0.25) is 9.36 Å². The maximum Gasteiger partial charge on any atom is 0.230 e. The van der Waals surface area contributed by atoms with Crippen LogP contribution in [0.15, 0.2) is 47.8 Å². The molecule has 1 aromatic carbocycles. The van der Waals surface area contributed by atoms with Crippen molar-refractivity contribution in [1.82, 2.24) is 24.6 Å². The minimum absolute atomic E-state index is 0.0336. The topological polar surface area (TPSA) is 83.2 Å². The van der Waals surface area contributed by atoms with E-state index in [1.165, 1.54) is 11.8 Å². The Balaban J connectivity index is 1.50. The van der Waals surface area contributed by atoms with Gasteiger partial charge in [-0.1, -0.05) is 11.8 Å². The van der Waals surface area contributed by atoms with Gasteiger partial charge in [0.1, 0.15) is 11.6 Å². The van der Waals surface area contributed by atoms with Gasteiger partial charge in [0.25, 0.3) is 0 Å². The van der Waals surface area contributed by atoms with Gasteiger partial charge in [0.15, 0.2) is 5.16 Å². The number of rotatable bonds is 9. The Labute approximate surface area is 185 Å². The van der Waals surface area contributed by atoms with Crippen molar-refractivity contribution in [3.8, 4) is 11.4 Å². The first-order valence-electron chi connectivity index (χ1n) is 10.3. The highest BCUT2D eigenvalue weighted by Crippen LogP contribution is 2.25. The van der Waals surface area contributed by atoms with Gasteiger partial charge in [0.05, 0.1) is 19.0 Å². The van der Waals surface area contributed by atoms with Crippen LogP contribution < -0.4 is 10.1 Å². The lowest BCUT2D eigenvalue weighted by Gasteiger charge is -2.12. The lowest BCUT2D eigenvalue weighted by Crippen LogP contribution is -2.32. The minimum atomic E-state index is -0.0336. The van der Waals surface area contributed by atoms with Crippen LogP contribution in [0.4, 0.5) is 0 Å². The summed E-state index contributed by atoms with van der Waals surface area (Å²) in [6.07, 6.45) is 4.84. The molecule has 31 heavy (non-hydrogen) atoms. The first-order chi connectivity index (χ1) is 15.1. The molecule has 1 amide bonds. The van der Waals surface area contributed by atoms with Crippen molar-refractivity contribution >= 4 is 17.7 Å². The van der Waals surface area contributed by atoms with E-state index in [0.717, 1.165) is 42.4 Å². The molecule has 2 aromatic heterocycles. The Kier molecular flexibility index (Phi) is 6.93. The zero-order chi connectivity index (χ0) is 21.6. The molecule has 0 aliphatic carbocycles. The number of thioether (sulfide) groups is 1. The zero-order valence-corrected chi connectivity index (χ0v) is 18.6. The highest BCUT2D eigenvalue weighted by atomic mass is 32.2. The summed E-state index contributed by atoms with van der Waals surface area (Å²) in [6, 6.07) is 11.8. The van der Waals surface area contributed by atoms with E-state index in [1.54, 1.807) is 7.11 Å². The SMILES string of the molecule is COc1ccc(-n2c(Cc3cccn3C)nnc2SCC(=O)NC[C@H]2CCCO2)cc1. The van der Waals surface area contributed by atoms with Gasteiger partial charge < -0.3 is 19.4 Å². The van der Waals surface area contributed by atoms with E-state index >= 15 is 0 Å². The normalized spacial score (nSPS) is 15.9. The fourth-order valence-electron chi connectivity index (χ4n) is 3.56. The molecule has 1 N–H and O–H groups in total. The Morgan fingerprint density at radius 3 is 2.81 bits per heavy atom. The number of methoxy groups -OCH3 is 1. The van der Waals surface area contributed by atoms with Gasteiger partial charge in [0.2, 0.25) is 5.91 Å². The first-order valence-corrected chi connectivity index (χ1v) is 11.3. The molecule has 3 heterocycles. The first kappa shape index (κ1) is 21.5. The minimum Gasteiger partial charge on any atom is -0.497 e. The van der Waals surface area contributed by atoms with Gasteiger partial charge >= 0.3 is 0 Å². The van der Waals surface area contributed by atoms with E-state index in [4.69, 9.17) is 9.47 Å². The maximum atomic E-state index is 12.3. The van der Waals surface area contributed by atoms with Crippen molar-refractivity contribution in [3.63, 3.8) is 0 Å². The summed E-state index contributed by atoms with van der Waals surface area (Å²) in [7, 11) is 3.66. The number of nitrogens with one attached hydrogen (secondary N) is 1. The Morgan fingerprint density at radius 1 is 1.29 bits per heavy atom. The summed E-state index contributed by atoms with van der Waals surface area (Å²) >= 11 is 1.38. The highest BCUT2D eigenvalue weighted by Gasteiger charge is 2.19. The van der Waals surface area contributed by atoms with Gasteiger partial charge in [-0.05, 0) is 49.2 Å². The summed E-state index contributed by atoms with van der Waals surface area (Å²) in [5.41, 5.74) is 2.06. The van der Waals surface area contributed by atoms with Crippen LogP contribution in [0.3, 0.4) is 0 Å². The number of carbonyl (C=O) groups excluding carboxylic acids is 1. The molecule has 1 aliphatic rings. The number of carbonyl (C=O) groups is 1.